The summed E-state index contributed by atoms with van der Waals surface area (Å²) >= 11 is 1.89. The standard InChI is InChI=1S/C15H24N2OS/c1-3-18-15(8-4-5-9-15)14-17-13(11-6-7-11)12(19-14)10-16-2/h11,16H,3-10H2,1-2H3. The molecule has 0 aromatic carbocycles. The van der Waals surface area contributed by atoms with E-state index in [1.54, 1.807) is 0 Å². The van der Waals surface area contributed by atoms with E-state index in [4.69, 9.17) is 9.72 Å². The van der Waals surface area contributed by atoms with Gasteiger partial charge in [-0.25, -0.2) is 4.98 Å². The van der Waals surface area contributed by atoms with Gasteiger partial charge in [-0.1, -0.05) is 12.8 Å². The Labute approximate surface area is 119 Å². The minimum atomic E-state index is -0.0605. The van der Waals surface area contributed by atoms with E-state index < -0.39 is 0 Å². The predicted molar refractivity (Wildman–Crippen MR) is 78.6 cm³/mol. The van der Waals surface area contributed by atoms with Crippen molar-refractivity contribution in [3.63, 3.8) is 0 Å². The molecule has 2 aliphatic carbocycles. The van der Waals surface area contributed by atoms with E-state index in [2.05, 4.69) is 12.2 Å². The molecule has 0 bridgehead atoms. The fraction of sp³-hybridized carbons (Fsp3) is 0.800. The van der Waals surface area contributed by atoms with Crippen LogP contribution in [0.2, 0.25) is 0 Å². The van der Waals surface area contributed by atoms with Gasteiger partial charge in [-0.2, -0.15) is 0 Å². The average molecular weight is 280 g/mol. The van der Waals surface area contributed by atoms with Crippen LogP contribution in [0.15, 0.2) is 0 Å². The van der Waals surface area contributed by atoms with Crippen LogP contribution in [0.4, 0.5) is 0 Å². The zero-order chi connectivity index (χ0) is 13.3. The van der Waals surface area contributed by atoms with E-state index in [9.17, 15) is 0 Å². The number of aromatic nitrogens is 1. The SMILES string of the molecule is CCOC1(c2nc(C3CC3)c(CNC)s2)CCCC1. The molecule has 1 N–H and O–H groups in total. The van der Waals surface area contributed by atoms with Crippen molar-refractivity contribution in [3.05, 3.63) is 15.6 Å². The molecule has 2 aliphatic rings. The summed E-state index contributed by atoms with van der Waals surface area (Å²) in [6.07, 6.45) is 7.50. The van der Waals surface area contributed by atoms with Crippen molar-refractivity contribution in [1.29, 1.82) is 0 Å². The highest BCUT2D eigenvalue weighted by molar-refractivity contribution is 7.11. The molecule has 1 heterocycles. The summed E-state index contributed by atoms with van der Waals surface area (Å²) in [6.45, 7) is 3.84. The molecule has 0 aliphatic heterocycles. The number of thiazole rings is 1. The van der Waals surface area contributed by atoms with Crippen molar-refractivity contribution >= 4 is 11.3 Å². The molecule has 0 unspecified atom stereocenters. The minimum Gasteiger partial charge on any atom is -0.368 e. The second-order valence-corrected chi connectivity index (χ2v) is 6.85. The molecule has 2 saturated carbocycles. The highest BCUT2D eigenvalue weighted by atomic mass is 32.1. The fourth-order valence-electron chi connectivity index (χ4n) is 3.16. The van der Waals surface area contributed by atoms with Crippen LogP contribution in [-0.4, -0.2) is 18.6 Å². The van der Waals surface area contributed by atoms with E-state index in [0.717, 1.165) is 31.9 Å². The Kier molecular flexibility index (Phi) is 3.92. The Morgan fingerprint density at radius 1 is 1.37 bits per heavy atom. The molecule has 0 saturated heterocycles. The molecule has 19 heavy (non-hydrogen) atoms. The first kappa shape index (κ1) is 13.5. The van der Waals surface area contributed by atoms with Crippen LogP contribution in [0, 0.1) is 0 Å². The van der Waals surface area contributed by atoms with Crippen LogP contribution in [-0.2, 0) is 16.9 Å². The van der Waals surface area contributed by atoms with Crippen molar-refractivity contribution in [3.8, 4) is 0 Å². The number of nitrogens with one attached hydrogen (secondary N) is 1. The number of ether oxygens (including phenoxy) is 1. The number of rotatable bonds is 6. The van der Waals surface area contributed by atoms with Crippen molar-refractivity contribution < 1.29 is 4.74 Å². The van der Waals surface area contributed by atoms with Gasteiger partial charge in [0.1, 0.15) is 10.6 Å². The Morgan fingerprint density at radius 2 is 2.11 bits per heavy atom. The molecule has 0 spiro atoms. The van der Waals surface area contributed by atoms with Crippen molar-refractivity contribution in [2.24, 2.45) is 0 Å². The molecule has 0 amide bonds. The lowest BCUT2D eigenvalue weighted by atomic mass is 10.0. The van der Waals surface area contributed by atoms with Gasteiger partial charge in [-0.15, -0.1) is 11.3 Å². The Bertz CT molecular complexity index is 433. The fourth-order valence-corrected chi connectivity index (χ4v) is 4.52. The Balaban J connectivity index is 1.92. The van der Waals surface area contributed by atoms with Gasteiger partial charge in [0.05, 0.1) is 5.69 Å². The van der Waals surface area contributed by atoms with Gasteiger partial charge < -0.3 is 10.1 Å². The summed E-state index contributed by atoms with van der Waals surface area (Å²) < 4.78 is 6.15. The summed E-state index contributed by atoms with van der Waals surface area (Å²) in [5, 5.41) is 4.53. The van der Waals surface area contributed by atoms with Gasteiger partial charge in [0.2, 0.25) is 0 Å². The molecule has 2 fully saturated rings. The third-order valence-electron chi connectivity index (χ3n) is 4.25. The van der Waals surface area contributed by atoms with Crippen LogP contribution in [0.3, 0.4) is 0 Å². The molecule has 106 valence electrons. The molecule has 3 rings (SSSR count). The lowest BCUT2D eigenvalue weighted by molar-refractivity contribution is -0.0392. The number of hydrogen-bond donors (Lipinski definition) is 1. The maximum atomic E-state index is 6.15. The molecule has 1 aromatic heterocycles. The molecular weight excluding hydrogens is 256 g/mol. The zero-order valence-electron chi connectivity index (χ0n) is 12.0. The molecule has 0 radical (unpaired) electrons. The van der Waals surface area contributed by atoms with Gasteiger partial charge in [-0.05, 0) is 39.7 Å². The average Bonchev–Trinajstić information content (AvgIpc) is 2.98. The second-order valence-electron chi connectivity index (χ2n) is 5.77. The van der Waals surface area contributed by atoms with Crippen LogP contribution in [0.1, 0.15) is 66.9 Å². The maximum absolute atomic E-state index is 6.15. The third kappa shape index (κ3) is 2.58. The van der Waals surface area contributed by atoms with Crippen molar-refractivity contribution in [2.45, 2.75) is 63.5 Å². The molecule has 1 aromatic rings. The van der Waals surface area contributed by atoms with E-state index >= 15 is 0 Å². The van der Waals surface area contributed by atoms with Gasteiger partial charge in [0.15, 0.2) is 0 Å². The van der Waals surface area contributed by atoms with Gasteiger partial charge in [-0.3, -0.25) is 0 Å². The minimum absolute atomic E-state index is 0.0605. The number of nitrogens with zero attached hydrogens (tertiary/aromatic N) is 1. The summed E-state index contributed by atoms with van der Waals surface area (Å²) in [7, 11) is 2.02. The van der Waals surface area contributed by atoms with Crippen molar-refractivity contribution in [1.82, 2.24) is 10.3 Å². The van der Waals surface area contributed by atoms with Gasteiger partial charge in [0.25, 0.3) is 0 Å². The quantitative estimate of drug-likeness (QED) is 0.865. The van der Waals surface area contributed by atoms with Crippen LogP contribution >= 0.6 is 11.3 Å². The topological polar surface area (TPSA) is 34.1 Å². The van der Waals surface area contributed by atoms with Gasteiger partial charge >= 0.3 is 0 Å². The Morgan fingerprint density at radius 3 is 2.68 bits per heavy atom. The highest BCUT2D eigenvalue weighted by Crippen LogP contribution is 2.48. The molecular formula is C15H24N2OS. The van der Waals surface area contributed by atoms with E-state index in [-0.39, 0.29) is 5.60 Å². The second kappa shape index (κ2) is 5.51. The van der Waals surface area contributed by atoms with Crippen LogP contribution in [0.5, 0.6) is 0 Å². The van der Waals surface area contributed by atoms with Gasteiger partial charge in [0, 0.05) is 23.9 Å². The van der Waals surface area contributed by atoms with E-state index in [1.807, 2.05) is 18.4 Å². The predicted octanol–water partition coefficient (Wildman–Crippen LogP) is 3.55. The monoisotopic (exact) mass is 280 g/mol. The molecule has 3 nitrogen and oxygen atoms in total. The highest BCUT2D eigenvalue weighted by Gasteiger charge is 2.41. The van der Waals surface area contributed by atoms with E-state index in [1.165, 1.54) is 41.3 Å². The normalized spacial score (nSPS) is 22.0. The molecule has 4 heteroatoms. The van der Waals surface area contributed by atoms with Crippen molar-refractivity contribution in [2.75, 3.05) is 13.7 Å². The summed E-state index contributed by atoms with van der Waals surface area (Å²) in [6, 6.07) is 0. The first-order valence-electron chi connectivity index (χ1n) is 7.57. The lowest BCUT2D eigenvalue weighted by Crippen LogP contribution is -2.26. The van der Waals surface area contributed by atoms with Crippen LogP contribution < -0.4 is 5.32 Å². The maximum Gasteiger partial charge on any atom is 0.125 e. The summed E-state index contributed by atoms with van der Waals surface area (Å²) in [5.74, 6) is 0.730. The zero-order valence-corrected chi connectivity index (χ0v) is 12.8. The summed E-state index contributed by atoms with van der Waals surface area (Å²) in [4.78, 5) is 6.45. The third-order valence-corrected chi connectivity index (χ3v) is 5.51. The number of hydrogen-bond acceptors (Lipinski definition) is 4. The smallest absolute Gasteiger partial charge is 0.125 e. The Hall–Kier alpha value is -0.450. The largest absolute Gasteiger partial charge is 0.368 e. The van der Waals surface area contributed by atoms with Crippen LogP contribution in [0.25, 0.3) is 0 Å². The first-order valence-corrected chi connectivity index (χ1v) is 8.39. The lowest BCUT2D eigenvalue weighted by Gasteiger charge is -2.26. The molecule has 0 atom stereocenters. The first-order chi connectivity index (χ1) is 9.29. The summed E-state index contributed by atoms with van der Waals surface area (Å²) in [5.41, 5.74) is 1.30. The van der Waals surface area contributed by atoms with E-state index in [0.29, 0.717) is 0 Å².